The molecule has 60 heavy (non-hydrogen) atoms. The van der Waals surface area contributed by atoms with Crippen LogP contribution in [0.25, 0.3) is 0 Å². The summed E-state index contributed by atoms with van der Waals surface area (Å²) in [6.45, 7) is 13.2. The zero-order valence-corrected chi connectivity index (χ0v) is 36.0. The summed E-state index contributed by atoms with van der Waals surface area (Å²) < 4.78 is 0. The molecule has 0 unspecified atom stereocenters. The number of hydrogen-bond acceptors (Lipinski definition) is 6. The fraction of sp³-hybridized carbons (Fsp3) is 0.333. The number of benzene rings is 6. The number of para-hydroxylation sites is 1. The molecule has 314 valence electrons. The number of hydrogen-bond donors (Lipinski definition) is 6. The minimum atomic E-state index is -0.457. The Morgan fingerprint density at radius 3 is 1.32 bits per heavy atom. The summed E-state index contributed by atoms with van der Waals surface area (Å²) in [6, 6.07) is 43.2. The molecule has 0 amide bonds. The van der Waals surface area contributed by atoms with Crippen LogP contribution in [0.2, 0.25) is 0 Å². The molecule has 1 fully saturated rings. The Labute approximate surface area is 356 Å². The molecule has 0 aromatic heterocycles. The van der Waals surface area contributed by atoms with Crippen LogP contribution in [-0.2, 0) is 22.7 Å². The first-order valence-corrected chi connectivity index (χ1v) is 21.3. The Hall–Kier alpha value is -5.88. The standard InChI is InChI=1S/C36H40O4.C18H22O2/c1-25(2)23-36(27-11-15-29(37)16-12-27,28-13-17-30(38)18-14-28)24-26-10-19-34(40)32(22-26)35(20-6-3-7-21-35)31-8-4-5-9-33(31)39;1-17(2,3)18(4,13-5-9-15(19)10-6-13)14-7-11-16(20)12-8-14/h4-5,8-19,22,25,37-40H,3,6-7,20-21,23-24H2,1-2H3;5-12,19-20H,1-4H3. The molecule has 6 N–H and O–H groups in total. The van der Waals surface area contributed by atoms with E-state index < -0.39 is 10.8 Å². The molecule has 6 nitrogen and oxygen atoms in total. The van der Waals surface area contributed by atoms with Crippen LogP contribution in [0.15, 0.2) is 140 Å². The number of phenolic OH excluding ortho intramolecular Hbond substituents is 6. The van der Waals surface area contributed by atoms with Crippen LogP contribution in [0, 0.1) is 11.3 Å². The van der Waals surface area contributed by atoms with Crippen LogP contribution in [0.5, 0.6) is 34.5 Å². The Morgan fingerprint density at radius 1 is 0.483 bits per heavy atom. The maximum absolute atomic E-state index is 11.3. The molecular weight excluding hydrogens is 745 g/mol. The molecule has 1 saturated carbocycles. The molecule has 0 radical (unpaired) electrons. The van der Waals surface area contributed by atoms with E-state index in [0.29, 0.717) is 12.3 Å². The van der Waals surface area contributed by atoms with Gasteiger partial charge >= 0.3 is 0 Å². The highest BCUT2D eigenvalue weighted by molar-refractivity contribution is 5.54. The Morgan fingerprint density at radius 2 is 0.900 bits per heavy atom. The van der Waals surface area contributed by atoms with E-state index in [1.165, 1.54) is 0 Å². The normalized spacial score (nSPS) is 14.3. The average Bonchev–Trinajstić information content (AvgIpc) is 3.22. The SMILES string of the molecule is CC(C)(C)C(C)(c1ccc(O)cc1)c1ccc(O)cc1.CC(C)CC(Cc1ccc(O)c(C2(c3ccccc3O)CCCCC2)c1)(c1ccc(O)cc1)c1ccc(O)cc1. The third-order valence-corrected chi connectivity index (χ3v) is 13.2. The van der Waals surface area contributed by atoms with Crippen LogP contribution < -0.4 is 0 Å². The molecular formula is C54H62O6. The minimum Gasteiger partial charge on any atom is -0.508 e. The van der Waals surface area contributed by atoms with Gasteiger partial charge in [-0.2, -0.15) is 0 Å². The van der Waals surface area contributed by atoms with Crippen LogP contribution in [-0.4, -0.2) is 30.6 Å². The van der Waals surface area contributed by atoms with E-state index in [4.69, 9.17) is 0 Å². The summed E-state index contributed by atoms with van der Waals surface area (Å²) in [7, 11) is 0. The molecule has 1 aliphatic carbocycles. The van der Waals surface area contributed by atoms with E-state index in [2.05, 4.69) is 47.6 Å². The summed E-state index contributed by atoms with van der Waals surface area (Å²) in [5.41, 5.74) is 6.21. The summed E-state index contributed by atoms with van der Waals surface area (Å²) in [6.07, 6.45) is 6.49. The predicted molar refractivity (Wildman–Crippen MR) is 242 cm³/mol. The number of aromatic hydroxyl groups is 6. The van der Waals surface area contributed by atoms with Crippen molar-refractivity contribution >= 4 is 0 Å². The van der Waals surface area contributed by atoms with Crippen molar-refractivity contribution in [1.29, 1.82) is 0 Å². The molecule has 0 heterocycles. The van der Waals surface area contributed by atoms with Gasteiger partial charge in [-0.15, -0.1) is 0 Å². The van der Waals surface area contributed by atoms with E-state index in [-0.39, 0.29) is 45.3 Å². The van der Waals surface area contributed by atoms with Gasteiger partial charge in [-0.3, -0.25) is 0 Å². The van der Waals surface area contributed by atoms with Crippen LogP contribution in [0.1, 0.15) is 119 Å². The fourth-order valence-electron chi connectivity index (χ4n) is 9.70. The third-order valence-electron chi connectivity index (χ3n) is 13.2. The van der Waals surface area contributed by atoms with Gasteiger partial charge in [0.25, 0.3) is 0 Å². The van der Waals surface area contributed by atoms with Gasteiger partial charge in [0, 0.05) is 27.4 Å². The van der Waals surface area contributed by atoms with Crippen LogP contribution in [0.4, 0.5) is 0 Å². The van der Waals surface area contributed by atoms with Gasteiger partial charge < -0.3 is 30.6 Å². The molecule has 0 bridgehead atoms. The largest absolute Gasteiger partial charge is 0.508 e. The number of phenols is 6. The Bertz CT molecular complexity index is 2220. The predicted octanol–water partition coefficient (Wildman–Crippen LogP) is 12.8. The summed E-state index contributed by atoms with van der Waals surface area (Å²) in [4.78, 5) is 0. The van der Waals surface area contributed by atoms with Crippen molar-refractivity contribution in [2.75, 3.05) is 0 Å². The molecule has 6 heteroatoms. The topological polar surface area (TPSA) is 121 Å². The highest BCUT2D eigenvalue weighted by atomic mass is 16.3. The second-order valence-electron chi connectivity index (χ2n) is 18.4. The molecule has 0 saturated heterocycles. The second-order valence-corrected chi connectivity index (χ2v) is 18.4. The van der Waals surface area contributed by atoms with E-state index in [0.717, 1.165) is 77.5 Å². The minimum absolute atomic E-state index is 0.0130. The van der Waals surface area contributed by atoms with Gasteiger partial charge in [-0.1, -0.05) is 140 Å². The first-order valence-electron chi connectivity index (χ1n) is 21.3. The lowest BCUT2D eigenvalue weighted by Crippen LogP contribution is -2.38. The molecule has 0 spiro atoms. The van der Waals surface area contributed by atoms with Gasteiger partial charge in [0.2, 0.25) is 0 Å². The van der Waals surface area contributed by atoms with Crippen molar-refractivity contribution in [3.8, 4) is 34.5 Å². The van der Waals surface area contributed by atoms with E-state index in [1.807, 2.05) is 78.9 Å². The van der Waals surface area contributed by atoms with Crippen molar-refractivity contribution in [2.45, 2.75) is 103 Å². The lowest BCUT2D eigenvalue weighted by atomic mass is 9.60. The van der Waals surface area contributed by atoms with Crippen molar-refractivity contribution < 1.29 is 30.6 Å². The van der Waals surface area contributed by atoms with Crippen molar-refractivity contribution in [1.82, 2.24) is 0 Å². The number of rotatable bonds is 10. The molecule has 6 aromatic rings. The summed E-state index contributed by atoms with van der Waals surface area (Å²) >= 11 is 0. The molecule has 1 aliphatic rings. The zero-order chi connectivity index (χ0) is 43.3. The molecule has 7 rings (SSSR count). The Kier molecular flexibility index (Phi) is 12.9. The zero-order valence-electron chi connectivity index (χ0n) is 36.0. The molecule has 0 aliphatic heterocycles. The molecule has 6 aromatic carbocycles. The third kappa shape index (κ3) is 8.99. The maximum atomic E-state index is 11.3. The van der Waals surface area contributed by atoms with Crippen molar-refractivity contribution in [3.05, 3.63) is 178 Å². The van der Waals surface area contributed by atoms with Crippen molar-refractivity contribution in [2.24, 2.45) is 11.3 Å². The highest BCUT2D eigenvalue weighted by Crippen LogP contribution is 2.52. The summed E-state index contributed by atoms with van der Waals surface area (Å²) in [5, 5.41) is 61.4. The van der Waals surface area contributed by atoms with Gasteiger partial charge in [0.05, 0.1) is 0 Å². The quantitative estimate of drug-likeness (QED) is 0.0820. The van der Waals surface area contributed by atoms with Crippen LogP contribution >= 0.6 is 0 Å². The lowest BCUT2D eigenvalue weighted by Gasteiger charge is -2.43. The van der Waals surface area contributed by atoms with Gasteiger partial charge in [-0.05, 0) is 125 Å². The lowest BCUT2D eigenvalue weighted by molar-refractivity contribution is 0.249. The van der Waals surface area contributed by atoms with Gasteiger partial charge in [0.15, 0.2) is 0 Å². The van der Waals surface area contributed by atoms with Crippen LogP contribution in [0.3, 0.4) is 0 Å². The highest BCUT2D eigenvalue weighted by Gasteiger charge is 2.42. The average molecular weight is 807 g/mol. The summed E-state index contributed by atoms with van der Waals surface area (Å²) in [5.74, 6) is 1.90. The second kappa shape index (κ2) is 17.8. The van der Waals surface area contributed by atoms with E-state index in [1.54, 1.807) is 54.6 Å². The first-order chi connectivity index (χ1) is 28.5. The first kappa shape index (κ1) is 43.7. The maximum Gasteiger partial charge on any atom is 0.119 e. The smallest absolute Gasteiger partial charge is 0.119 e. The fourth-order valence-corrected chi connectivity index (χ4v) is 9.70. The molecule has 0 atom stereocenters. The Balaban J connectivity index is 0.000000253. The van der Waals surface area contributed by atoms with E-state index in [9.17, 15) is 30.6 Å². The van der Waals surface area contributed by atoms with Gasteiger partial charge in [0.1, 0.15) is 34.5 Å². The van der Waals surface area contributed by atoms with E-state index >= 15 is 0 Å². The monoisotopic (exact) mass is 806 g/mol. The van der Waals surface area contributed by atoms with Crippen molar-refractivity contribution in [3.63, 3.8) is 0 Å². The van der Waals surface area contributed by atoms with Gasteiger partial charge in [-0.25, -0.2) is 0 Å².